The molecule has 1 aromatic carbocycles. The molecule has 198 valence electrons. The molecular weight excluding hydrogens is 469 g/mol. The highest BCUT2D eigenvalue weighted by atomic mass is 19.4. The van der Waals surface area contributed by atoms with E-state index in [2.05, 4.69) is 24.5 Å². The van der Waals surface area contributed by atoms with Crippen LogP contribution in [-0.4, -0.2) is 32.6 Å². The minimum Gasteiger partial charge on any atom is -0.497 e. The summed E-state index contributed by atoms with van der Waals surface area (Å²) in [6.45, 7) is 15.8. The van der Waals surface area contributed by atoms with Crippen molar-refractivity contribution < 1.29 is 32.5 Å². The average Bonchev–Trinajstić information content (AvgIpc) is 3.06. The largest absolute Gasteiger partial charge is 0.497 e. The van der Waals surface area contributed by atoms with Crippen molar-refractivity contribution in [3.63, 3.8) is 0 Å². The minimum absolute atomic E-state index is 0.000481. The van der Waals surface area contributed by atoms with E-state index in [1.807, 2.05) is 13.8 Å². The lowest BCUT2D eigenvalue weighted by Gasteiger charge is -2.36. The Morgan fingerprint density at radius 2 is 1.64 bits per heavy atom. The van der Waals surface area contributed by atoms with Gasteiger partial charge in [-0.1, -0.05) is 43.0 Å². The second kappa shape index (κ2) is 15.7. The predicted molar refractivity (Wildman–Crippen MR) is 141 cm³/mol. The number of alkyl halides is 3. The molecule has 0 radical (unpaired) electrons. The molecule has 7 heteroatoms. The number of ether oxygens (including phenoxy) is 3. The van der Waals surface area contributed by atoms with Gasteiger partial charge in [-0.15, -0.1) is 13.2 Å². The molecule has 0 amide bonds. The van der Waals surface area contributed by atoms with Crippen LogP contribution in [0.2, 0.25) is 0 Å². The number of methoxy groups -OCH3 is 2. The summed E-state index contributed by atoms with van der Waals surface area (Å²) in [4.78, 5) is 0. The number of allylic oxidation sites excluding steroid dienone is 8. The van der Waals surface area contributed by atoms with Crippen LogP contribution in [0.3, 0.4) is 0 Å². The van der Waals surface area contributed by atoms with Gasteiger partial charge in [-0.25, -0.2) is 0 Å². The van der Waals surface area contributed by atoms with Crippen molar-refractivity contribution in [3.05, 3.63) is 109 Å². The van der Waals surface area contributed by atoms with E-state index in [9.17, 15) is 18.3 Å². The summed E-state index contributed by atoms with van der Waals surface area (Å²) in [5.74, 6) is 1.27. The molecule has 0 saturated heterocycles. The maximum Gasteiger partial charge on any atom is 0.416 e. The quantitative estimate of drug-likeness (QED) is 0.426. The summed E-state index contributed by atoms with van der Waals surface area (Å²) in [5.41, 5.74) is -0.792. The van der Waals surface area contributed by atoms with Crippen LogP contribution in [-0.2, 0) is 10.3 Å². The number of rotatable bonds is 3. The molecule has 1 heterocycles. The number of fused-ring (bicyclic) bond motifs is 1. The van der Waals surface area contributed by atoms with Gasteiger partial charge in [-0.05, 0) is 51.0 Å². The predicted octanol–water partition coefficient (Wildman–Crippen LogP) is 7.76. The Balaban J connectivity index is 0.00000119. The van der Waals surface area contributed by atoms with E-state index in [1.54, 1.807) is 57.6 Å². The standard InChI is InChI=1S/C21H19F3O3.2C3H6.C2H6O/c1-4-17-19(13-6-5-7-14(9-8-13)21(22,23)24)20(2,25)16-11-10-15(26-3)12-18(16)27-17;3*1-3-2/h4-7,9-12,25H,1,8H2,2-3H3;2*3H,1H2,2H3;1-2H3. The van der Waals surface area contributed by atoms with Gasteiger partial charge < -0.3 is 19.3 Å². The Morgan fingerprint density at radius 1 is 1.08 bits per heavy atom. The van der Waals surface area contributed by atoms with E-state index < -0.39 is 17.4 Å². The SMILES string of the molecule is C=CC.C=CC.C=CC1=C(C2=CC=CC(C(F)(F)F)=CC2)C(C)(O)c2ccc(OC)cc2O1.COC. The summed E-state index contributed by atoms with van der Waals surface area (Å²) in [6, 6.07) is 5.02. The Labute approximate surface area is 213 Å². The average molecular weight is 507 g/mol. The summed E-state index contributed by atoms with van der Waals surface area (Å²) < 4.78 is 54.3. The molecule has 1 atom stereocenters. The highest BCUT2D eigenvalue weighted by Crippen LogP contribution is 2.47. The fourth-order valence-corrected chi connectivity index (χ4v) is 3.29. The van der Waals surface area contributed by atoms with Crippen molar-refractivity contribution in [2.24, 2.45) is 0 Å². The zero-order valence-corrected chi connectivity index (χ0v) is 21.9. The lowest BCUT2D eigenvalue weighted by Crippen LogP contribution is -2.31. The molecular formula is C29H37F3O4. The molecule has 0 saturated carbocycles. The second-order valence-electron chi connectivity index (χ2n) is 7.62. The fourth-order valence-electron chi connectivity index (χ4n) is 3.29. The van der Waals surface area contributed by atoms with Crippen molar-refractivity contribution in [3.8, 4) is 11.5 Å². The number of hydrogen-bond donors (Lipinski definition) is 1. The van der Waals surface area contributed by atoms with Crippen LogP contribution in [0.1, 0.15) is 32.8 Å². The van der Waals surface area contributed by atoms with E-state index in [0.29, 0.717) is 34.0 Å². The van der Waals surface area contributed by atoms with Crippen LogP contribution in [0.5, 0.6) is 11.5 Å². The lowest BCUT2D eigenvalue weighted by molar-refractivity contribution is -0.0883. The molecule has 0 aromatic heterocycles. The Hall–Kier alpha value is -3.29. The van der Waals surface area contributed by atoms with Crippen molar-refractivity contribution in [2.75, 3.05) is 21.3 Å². The molecule has 0 fully saturated rings. The molecule has 0 bridgehead atoms. The zero-order valence-electron chi connectivity index (χ0n) is 21.9. The summed E-state index contributed by atoms with van der Waals surface area (Å²) >= 11 is 0. The topological polar surface area (TPSA) is 47.9 Å². The summed E-state index contributed by atoms with van der Waals surface area (Å²) in [6.07, 6.45) is 5.51. The van der Waals surface area contributed by atoms with Gasteiger partial charge in [0.25, 0.3) is 0 Å². The molecule has 4 nitrogen and oxygen atoms in total. The highest BCUT2D eigenvalue weighted by Gasteiger charge is 2.40. The van der Waals surface area contributed by atoms with E-state index >= 15 is 0 Å². The molecule has 1 N–H and O–H groups in total. The molecule has 1 aliphatic heterocycles. The van der Waals surface area contributed by atoms with Gasteiger partial charge in [0.05, 0.1) is 12.7 Å². The maximum absolute atomic E-state index is 13.0. The van der Waals surface area contributed by atoms with Gasteiger partial charge in [0.2, 0.25) is 0 Å². The third kappa shape index (κ3) is 9.06. The third-order valence-corrected chi connectivity index (χ3v) is 4.62. The highest BCUT2D eigenvalue weighted by molar-refractivity contribution is 5.58. The van der Waals surface area contributed by atoms with Crippen LogP contribution >= 0.6 is 0 Å². The van der Waals surface area contributed by atoms with E-state index in [1.165, 1.54) is 19.3 Å². The lowest BCUT2D eigenvalue weighted by atomic mass is 9.79. The Kier molecular flexibility index (Phi) is 14.2. The monoisotopic (exact) mass is 506 g/mol. The first-order valence-electron chi connectivity index (χ1n) is 11.1. The Morgan fingerprint density at radius 3 is 2.11 bits per heavy atom. The van der Waals surface area contributed by atoms with Crippen LogP contribution < -0.4 is 9.47 Å². The number of aliphatic hydroxyl groups is 1. The van der Waals surface area contributed by atoms with Crippen LogP contribution in [0.15, 0.2) is 103 Å². The van der Waals surface area contributed by atoms with Crippen LogP contribution in [0.4, 0.5) is 13.2 Å². The first-order chi connectivity index (χ1) is 16.9. The second-order valence-corrected chi connectivity index (χ2v) is 7.62. The summed E-state index contributed by atoms with van der Waals surface area (Å²) in [5, 5.41) is 11.3. The molecule has 36 heavy (non-hydrogen) atoms. The van der Waals surface area contributed by atoms with Gasteiger partial charge >= 0.3 is 6.18 Å². The van der Waals surface area contributed by atoms with Gasteiger partial charge in [-0.3, -0.25) is 0 Å². The van der Waals surface area contributed by atoms with E-state index in [-0.39, 0.29) is 6.42 Å². The van der Waals surface area contributed by atoms with Gasteiger partial charge in [-0.2, -0.15) is 13.2 Å². The summed E-state index contributed by atoms with van der Waals surface area (Å²) in [7, 11) is 4.77. The minimum atomic E-state index is -4.43. The van der Waals surface area contributed by atoms with Crippen LogP contribution in [0, 0.1) is 0 Å². The van der Waals surface area contributed by atoms with Crippen molar-refractivity contribution >= 4 is 0 Å². The molecule has 1 aromatic rings. The first-order valence-corrected chi connectivity index (χ1v) is 11.1. The van der Waals surface area contributed by atoms with Crippen molar-refractivity contribution in [2.45, 2.75) is 39.0 Å². The third-order valence-electron chi connectivity index (χ3n) is 4.62. The molecule has 0 spiro atoms. The molecule has 3 rings (SSSR count). The van der Waals surface area contributed by atoms with Crippen molar-refractivity contribution in [1.82, 2.24) is 0 Å². The van der Waals surface area contributed by atoms with E-state index in [0.717, 1.165) is 12.2 Å². The zero-order chi connectivity index (χ0) is 27.9. The van der Waals surface area contributed by atoms with Crippen molar-refractivity contribution in [1.29, 1.82) is 0 Å². The first kappa shape index (κ1) is 32.7. The molecule has 2 aliphatic rings. The number of hydrogen-bond acceptors (Lipinski definition) is 4. The fraction of sp³-hybridized carbons (Fsp3) is 0.310. The van der Waals surface area contributed by atoms with Gasteiger partial charge in [0.1, 0.15) is 22.9 Å². The van der Waals surface area contributed by atoms with Gasteiger partial charge in [0.15, 0.2) is 0 Å². The molecule has 1 unspecified atom stereocenters. The van der Waals surface area contributed by atoms with Crippen LogP contribution in [0.25, 0.3) is 0 Å². The van der Waals surface area contributed by atoms with Gasteiger partial charge in [0, 0.05) is 31.4 Å². The maximum atomic E-state index is 13.0. The number of benzene rings is 1. The van der Waals surface area contributed by atoms with E-state index in [4.69, 9.17) is 9.47 Å². The normalized spacial score (nSPS) is 17.9. The molecule has 1 aliphatic carbocycles. The smallest absolute Gasteiger partial charge is 0.416 e. The number of halogens is 3. The Bertz CT molecular complexity index is 1000.